The Balaban J connectivity index is 1.53. The largest absolute Gasteiger partial charge is 0.497 e. The van der Waals surface area contributed by atoms with E-state index in [1.54, 1.807) is 23.3 Å². The number of carbonyl (C=O) groups excluding carboxylic acids is 1. The number of amides is 1. The van der Waals surface area contributed by atoms with E-state index < -0.39 is 0 Å². The molecule has 24 heavy (non-hydrogen) atoms. The van der Waals surface area contributed by atoms with Crippen LogP contribution in [0, 0.1) is 0 Å². The van der Waals surface area contributed by atoms with Crippen LogP contribution in [0.25, 0.3) is 11.5 Å². The molecule has 0 aliphatic carbocycles. The minimum Gasteiger partial charge on any atom is -0.497 e. The van der Waals surface area contributed by atoms with Crippen LogP contribution in [0.2, 0.25) is 0 Å². The van der Waals surface area contributed by atoms with Gasteiger partial charge in [-0.05, 0) is 35.7 Å². The van der Waals surface area contributed by atoms with Gasteiger partial charge in [-0.2, -0.15) is 16.3 Å². The van der Waals surface area contributed by atoms with Crippen molar-refractivity contribution in [2.75, 3.05) is 18.6 Å². The highest BCUT2D eigenvalue weighted by molar-refractivity contribution is 7.08. The van der Waals surface area contributed by atoms with Crippen LogP contribution in [0.3, 0.4) is 0 Å². The average molecular weight is 341 g/mol. The summed E-state index contributed by atoms with van der Waals surface area (Å²) in [6.07, 6.45) is 0.384. The summed E-state index contributed by atoms with van der Waals surface area (Å²) in [6.45, 7) is 0.549. The molecule has 1 atom stereocenters. The molecule has 1 aliphatic heterocycles. The van der Waals surface area contributed by atoms with Gasteiger partial charge in [-0.3, -0.25) is 4.79 Å². The number of aromatic nitrogens is 2. The zero-order chi connectivity index (χ0) is 16.5. The molecular formula is C17H15N3O3S. The molecule has 1 fully saturated rings. The second-order valence-electron chi connectivity index (χ2n) is 5.57. The molecule has 0 saturated carbocycles. The molecule has 0 spiro atoms. The van der Waals surface area contributed by atoms with Crippen molar-refractivity contribution in [3.05, 3.63) is 46.9 Å². The van der Waals surface area contributed by atoms with E-state index in [0.717, 1.165) is 17.0 Å². The number of carbonyl (C=O) groups is 1. The zero-order valence-corrected chi connectivity index (χ0v) is 13.8. The number of ether oxygens (including phenoxy) is 1. The van der Waals surface area contributed by atoms with E-state index in [1.807, 2.05) is 41.1 Å². The third kappa shape index (κ3) is 2.67. The van der Waals surface area contributed by atoms with Crippen molar-refractivity contribution in [3.8, 4) is 17.2 Å². The third-order valence-electron chi connectivity index (χ3n) is 4.08. The maximum Gasteiger partial charge on any atom is 0.258 e. The SMILES string of the molecule is COc1ccc(N2C[C@H](c3noc(-c4ccsc4)n3)CC2=O)cc1. The number of thiophene rings is 1. The van der Waals surface area contributed by atoms with E-state index in [2.05, 4.69) is 10.1 Å². The van der Waals surface area contributed by atoms with Crippen LogP contribution in [0.1, 0.15) is 18.2 Å². The summed E-state index contributed by atoms with van der Waals surface area (Å²) in [6, 6.07) is 9.39. The Morgan fingerprint density at radius 3 is 2.83 bits per heavy atom. The molecule has 0 bridgehead atoms. The fourth-order valence-corrected chi connectivity index (χ4v) is 3.43. The Morgan fingerprint density at radius 2 is 2.12 bits per heavy atom. The van der Waals surface area contributed by atoms with Crippen LogP contribution >= 0.6 is 11.3 Å². The Bertz CT molecular complexity index is 842. The number of rotatable bonds is 4. The Morgan fingerprint density at radius 1 is 1.29 bits per heavy atom. The van der Waals surface area contributed by atoms with Crippen molar-refractivity contribution in [2.24, 2.45) is 0 Å². The molecule has 7 heteroatoms. The summed E-state index contributed by atoms with van der Waals surface area (Å²) in [5.41, 5.74) is 1.76. The van der Waals surface area contributed by atoms with Crippen molar-refractivity contribution in [1.82, 2.24) is 10.1 Å². The molecule has 4 rings (SSSR count). The molecule has 3 aromatic rings. The lowest BCUT2D eigenvalue weighted by molar-refractivity contribution is -0.117. The fraction of sp³-hybridized carbons (Fsp3) is 0.235. The highest BCUT2D eigenvalue weighted by atomic mass is 32.1. The van der Waals surface area contributed by atoms with Crippen LogP contribution in [0.15, 0.2) is 45.6 Å². The average Bonchev–Trinajstić information content (AvgIpc) is 3.34. The molecule has 1 aromatic carbocycles. The van der Waals surface area contributed by atoms with Crippen molar-refractivity contribution < 1.29 is 14.1 Å². The van der Waals surface area contributed by atoms with Crippen molar-refractivity contribution in [3.63, 3.8) is 0 Å². The molecule has 0 unspecified atom stereocenters. The summed E-state index contributed by atoms with van der Waals surface area (Å²) >= 11 is 1.58. The molecule has 0 radical (unpaired) electrons. The molecule has 1 saturated heterocycles. The van der Waals surface area contributed by atoms with E-state index >= 15 is 0 Å². The molecular weight excluding hydrogens is 326 g/mol. The van der Waals surface area contributed by atoms with E-state index in [0.29, 0.717) is 24.7 Å². The minimum atomic E-state index is -0.0595. The Kier molecular flexibility index (Phi) is 3.78. The van der Waals surface area contributed by atoms with Crippen LogP contribution in [-0.2, 0) is 4.79 Å². The first-order valence-electron chi connectivity index (χ1n) is 7.55. The first kappa shape index (κ1) is 14.9. The third-order valence-corrected chi connectivity index (χ3v) is 4.77. The van der Waals surface area contributed by atoms with Crippen LogP contribution in [0.5, 0.6) is 5.75 Å². The zero-order valence-electron chi connectivity index (χ0n) is 13.0. The second-order valence-corrected chi connectivity index (χ2v) is 6.35. The molecule has 1 aliphatic rings. The number of nitrogens with zero attached hydrogens (tertiary/aromatic N) is 3. The fourth-order valence-electron chi connectivity index (χ4n) is 2.80. The molecule has 1 amide bonds. The molecule has 122 valence electrons. The number of methoxy groups -OCH3 is 1. The number of anilines is 1. The van der Waals surface area contributed by atoms with E-state index in [4.69, 9.17) is 9.26 Å². The Labute approximate surface area is 142 Å². The molecule has 6 nitrogen and oxygen atoms in total. The summed E-state index contributed by atoms with van der Waals surface area (Å²) in [4.78, 5) is 18.6. The van der Waals surface area contributed by atoms with Crippen LogP contribution < -0.4 is 9.64 Å². The molecule has 2 aromatic heterocycles. The number of hydrogen-bond acceptors (Lipinski definition) is 6. The van der Waals surface area contributed by atoms with Gasteiger partial charge in [-0.15, -0.1) is 0 Å². The highest BCUT2D eigenvalue weighted by Gasteiger charge is 2.34. The summed E-state index contributed by atoms with van der Waals surface area (Å²) < 4.78 is 10.5. The first-order chi connectivity index (χ1) is 11.7. The van der Waals surface area contributed by atoms with Gasteiger partial charge in [0.15, 0.2) is 5.82 Å². The maximum absolute atomic E-state index is 12.4. The van der Waals surface area contributed by atoms with Crippen molar-refractivity contribution in [2.45, 2.75) is 12.3 Å². The van der Waals surface area contributed by atoms with Gasteiger partial charge >= 0.3 is 0 Å². The second kappa shape index (κ2) is 6.09. The van der Waals surface area contributed by atoms with Gasteiger partial charge in [0.2, 0.25) is 5.91 Å². The van der Waals surface area contributed by atoms with E-state index in [1.165, 1.54) is 0 Å². The quantitative estimate of drug-likeness (QED) is 0.728. The standard InChI is InChI=1S/C17H15N3O3S/c1-22-14-4-2-13(3-5-14)20-9-12(8-15(20)21)16-18-17(23-19-16)11-6-7-24-10-11/h2-7,10,12H,8-9H2,1H3/t12-/m1/s1. The van der Waals surface area contributed by atoms with Gasteiger partial charge in [-0.25, -0.2) is 0 Å². The maximum atomic E-state index is 12.4. The lowest BCUT2D eigenvalue weighted by atomic mass is 10.1. The van der Waals surface area contributed by atoms with Gasteiger partial charge in [0.1, 0.15) is 5.75 Å². The monoisotopic (exact) mass is 341 g/mol. The summed E-state index contributed by atoms with van der Waals surface area (Å²) in [5, 5.41) is 7.98. The van der Waals surface area contributed by atoms with Crippen LogP contribution in [-0.4, -0.2) is 29.7 Å². The van der Waals surface area contributed by atoms with Gasteiger partial charge in [0.25, 0.3) is 5.89 Å². The molecule has 3 heterocycles. The first-order valence-corrected chi connectivity index (χ1v) is 8.49. The number of hydrogen-bond donors (Lipinski definition) is 0. The summed E-state index contributed by atoms with van der Waals surface area (Å²) in [7, 11) is 1.62. The predicted molar refractivity (Wildman–Crippen MR) is 90.3 cm³/mol. The van der Waals surface area contributed by atoms with Gasteiger partial charge < -0.3 is 14.2 Å². The predicted octanol–water partition coefficient (Wildman–Crippen LogP) is 3.33. The number of benzene rings is 1. The normalized spacial score (nSPS) is 17.5. The van der Waals surface area contributed by atoms with Crippen molar-refractivity contribution >= 4 is 22.9 Å². The van der Waals surface area contributed by atoms with Gasteiger partial charge in [0.05, 0.1) is 12.7 Å². The topological polar surface area (TPSA) is 68.5 Å². The van der Waals surface area contributed by atoms with E-state index in [-0.39, 0.29) is 11.8 Å². The van der Waals surface area contributed by atoms with Crippen LogP contribution in [0.4, 0.5) is 5.69 Å². The minimum absolute atomic E-state index is 0.0595. The van der Waals surface area contributed by atoms with E-state index in [9.17, 15) is 4.79 Å². The van der Waals surface area contributed by atoms with Crippen molar-refractivity contribution in [1.29, 1.82) is 0 Å². The lowest BCUT2D eigenvalue weighted by Crippen LogP contribution is -2.24. The van der Waals surface area contributed by atoms with Gasteiger partial charge in [0, 0.05) is 30.0 Å². The van der Waals surface area contributed by atoms with Gasteiger partial charge in [-0.1, -0.05) is 5.16 Å². The lowest BCUT2D eigenvalue weighted by Gasteiger charge is -2.16. The highest BCUT2D eigenvalue weighted by Crippen LogP contribution is 2.32. The molecule has 0 N–H and O–H groups in total. The smallest absolute Gasteiger partial charge is 0.258 e. The Hall–Kier alpha value is -2.67. The summed E-state index contributed by atoms with van der Waals surface area (Å²) in [5.74, 6) is 1.85.